The molecule has 1 saturated carbocycles. The molecule has 0 aliphatic heterocycles. The lowest BCUT2D eigenvalue weighted by atomic mass is 9.65. The molecule has 1 fully saturated rings. The van der Waals surface area contributed by atoms with Crippen LogP contribution >= 0.6 is 0 Å². The van der Waals surface area contributed by atoms with Crippen LogP contribution in [-0.2, 0) is 21.7 Å². The Hall–Kier alpha value is -3.90. The first kappa shape index (κ1) is 30.4. The molecular formula is C47H50. The van der Waals surface area contributed by atoms with E-state index in [1.165, 1.54) is 101 Å². The van der Waals surface area contributed by atoms with E-state index in [1.54, 1.807) is 11.1 Å². The van der Waals surface area contributed by atoms with Gasteiger partial charge in [0, 0.05) is 5.41 Å². The summed E-state index contributed by atoms with van der Waals surface area (Å²) in [5, 5.41) is 0. The molecule has 0 unspecified atom stereocenters. The van der Waals surface area contributed by atoms with Crippen molar-refractivity contribution in [1.82, 2.24) is 0 Å². The lowest BCUT2D eigenvalue weighted by Crippen LogP contribution is -2.30. The minimum atomic E-state index is -0.394. The van der Waals surface area contributed by atoms with E-state index in [-0.39, 0.29) is 16.2 Å². The zero-order chi connectivity index (χ0) is 32.6. The van der Waals surface area contributed by atoms with Crippen molar-refractivity contribution in [2.75, 3.05) is 0 Å². The molecule has 238 valence electrons. The first-order chi connectivity index (χ1) is 22.7. The van der Waals surface area contributed by atoms with E-state index >= 15 is 0 Å². The third-order valence-corrected chi connectivity index (χ3v) is 12.9. The van der Waals surface area contributed by atoms with Crippen molar-refractivity contribution in [3.63, 3.8) is 0 Å². The van der Waals surface area contributed by atoms with Gasteiger partial charge in [-0.1, -0.05) is 158 Å². The van der Waals surface area contributed by atoms with E-state index in [0.717, 1.165) is 0 Å². The highest BCUT2D eigenvalue weighted by Gasteiger charge is 2.50. The van der Waals surface area contributed by atoms with Crippen molar-refractivity contribution in [1.29, 1.82) is 0 Å². The summed E-state index contributed by atoms with van der Waals surface area (Å²) in [6, 6.07) is 43.1. The first-order valence-electron chi connectivity index (χ1n) is 18.3. The molecular weight excluding hydrogens is 565 g/mol. The molecule has 1 spiro atoms. The summed E-state index contributed by atoms with van der Waals surface area (Å²) >= 11 is 0. The maximum absolute atomic E-state index is 2.68. The van der Waals surface area contributed by atoms with Crippen LogP contribution < -0.4 is 0 Å². The van der Waals surface area contributed by atoms with Gasteiger partial charge in [0.2, 0.25) is 0 Å². The van der Waals surface area contributed by atoms with Crippen LogP contribution in [0.3, 0.4) is 0 Å². The van der Waals surface area contributed by atoms with Gasteiger partial charge in [-0.3, -0.25) is 0 Å². The van der Waals surface area contributed by atoms with Crippen LogP contribution in [0.2, 0.25) is 0 Å². The zero-order valence-electron chi connectivity index (χ0n) is 29.3. The Morgan fingerprint density at radius 2 is 0.957 bits per heavy atom. The number of hydrogen-bond donors (Lipinski definition) is 0. The van der Waals surface area contributed by atoms with Crippen molar-refractivity contribution < 1.29 is 0 Å². The molecule has 0 N–H and O–H groups in total. The van der Waals surface area contributed by atoms with Crippen molar-refractivity contribution >= 4 is 0 Å². The SMILES string of the molecule is CCC(C)(CC)c1ccc2c(c1)C1(CCCCC1)c1cc3c(cc1-2)C(c1ccccc1)(c1ccccc1)c1cc(C(C)(C)C)ccc1-3. The van der Waals surface area contributed by atoms with Crippen LogP contribution in [-0.4, -0.2) is 0 Å². The molecule has 47 heavy (non-hydrogen) atoms. The molecule has 3 aliphatic carbocycles. The molecule has 0 radical (unpaired) electrons. The van der Waals surface area contributed by atoms with Crippen molar-refractivity contribution in [2.24, 2.45) is 0 Å². The van der Waals surface area contributed by atoms with Gasteiger partial charge in [-0.2, -0.15) is 0 Å². The summed E-state index contributed by atoms with van der Waals surface area (Å²) in [6.07, 6.45) is 8.80. The minimum absolute atomic E-state index is 0.0545. The third-order valence-electron chi connectivity index (χ3n) is 12.9. The van der Waals surface area contributed by atoms with E-state index in [1.807, 2.05) is 0 Å². The Labute approximate surface area is 283 Å². The second kappa shape index (κ2) is 10.8. The average Bonchev–Trinajstić information content (AvgIpc) is 3.54. The third kappa shape index (κ3) is 4.26. The van der Waals surface area contributed by atoms with Crippen LogP contribution in [0.5, 0.6) is 0 Å². The highest BCUT2D eigenvalue weighted by molar-refractivity contribution is 5.93. The largest absolute Gasteiger partial charge is 0.0713 e. The van der Waals surface area contributed by atoms with Crippen molar-refractivity contribution in [3.8, 4) is 22.3 Å². The number of hydrogen-bond acceptors (Lipinski definition) is 0. The monoisotopic (exact) mass is 614 g/mol. The highest BCUT2D eigenvalue weighted by Crippen LogP contribution is 2.62. The Bertz CT molecular complexity index is 1920. The van der Waals surface area contributed by atoms with Crippen LogP contribution in [0, 0.1) is 0 Å². The quantitative estimate of drug-likeness (QED) is 0.181. The first-order valence-corrected chi connectivity index (χ1v) is 18.3. The Balaban J connectivity index is 1.47. The summed E-state index contributed by atoms with van der Waals surface area (Å²) in [5.41, 5.74) is 17.4. The van der Waals surface area contributed by atoms with Gasteiger partial charge in [0.15, 0.2) is 0 Å². The second-order valence-corrected chi connectivity index (χ2v) is 16.1. The summed E-state index contributed by atoms with van der Waals surface area (Å²) in [4.78, 5) is 0. The molecule has 0 atom stereocenters. The highest BCUT2D eigenvalue weighted by atomic mass is 14.5. The maximum atomic E-state index is 2.68. The van der Waals surface area contributed by atoms with E-state index < -0.39 is 5.41 Å². The number of rotatable bonds is 5. The molecule has 5 aromatic carbocycles. The minimum Gasteiger partial charge on any atom is -0.0645 e. The predicted octanol–water partition coefficient (Wildman–Crippen LogP) is 12.7. The Morgan fingerprint density at radius 1 is 0.489 bits per heavy atom. The predicted molar refractivity (Wildman–Crippen MR) is 200 cm³/mol. The van der Waals surface area contributed by atoms with E-state index in [4.69, 9.17) is 0 Å². The van der Waals surface area contributed by atoms with Gasteiger partial charge < -0.3 is 0 Å². The summed E-state index contributed by atoms with van der Waals surface area (Å²) in [7, 11) is 0. The summed E-state index contributed by atoms with van der Waals surface area (Å²) in [5.74, 6) is 0. The van der Waals surface area contributed by atoms with Crippen LogP contribution in [0.4, 0.5) is 0 Å². The fourth-order valence-electron chi connectivity index (χ4n) is 9.67. The molecule has 5 aromatic rings. The van der Waals surface area contributed by atoms with Gasteiger partial charge in [0.25, 0.3) is 0 Å². The molecule has 0 heteroatoms. The van der Waals surface area contributed by atoms with Gasteiger partial charge in [0.05, 0.1) is 5.41 Å². The fraction of sp³-hybridized carbons (Fsp3) is 0.362. The van der Waals surface area contributed by atoms with E-state index in [2.05, 4.69) is 151 Å². The molecule has 3 aliphatic rings. The van der Waals surface area contributed by atoms with Crippen LogP contribution in [0.1, 0.15) is 131 Å². The molecule has 0 aromatic heterocycles. The lowest BCUT2D eigenvalue weighted by Gasteiger charge is -2.37. The van der Waals surface area contributed by atoms with Gasteiger partial charge in [-0.25, -0.2) is 0 Å². The number of fused-ring (bicyclic) bond motifs is 8. The molecule has 0 bridgehead atoms. The van der Waals surface area contributed by atoms with Crippen LogP contribution in [0.25, 0.3) is 22.3 Å². The second-order valence-electron chi connectivity index (χ2n) is 16.1. The van der Waals surface area contributed by atoms with Gasteiger partial charge in [-0.05, 0) is 115 Å². The Morgan fingerprint density at radius 3 is 1.53 bits per heavy atom. The molecule has 0 nitrogen and oxygen atoms in total. The van der Waals surface area contributed by atoms with Crippen molar-refractivity contribution in [3.05, 3.63) is 154 Å². The van der Waals surface area contributed by atoms with Crippen molar-refractivity contribution in [2.45, 2.75) is 108 Å². The van der Waals surface area contributed by atoms with E-state index in [0.29, 0.717) is 0 Å². The smallest absolute Gasteiger partial charge is 0.0645 e. The average molecular weight is 615 g/mol. The normalized spacial score (nSPS) is 17.2. The lowest BCUT2D eigenvalue weighted by molar-refractivity contribution is 0.351. The fourth-order valence-corrected chi connectivity index (χ4v) is 9.67. The Kier molecular flexibility index (Phi) is 7.00. The standard InChI is InChI=1S/C47H50/c1-7-45(6,8-2)35-23-25-36-38-31-43-39(30-41(38)46(40(36)29-35)26-16-11-17-27-46)37-24-22-34(44(3,4)5)28-42(37)47(43,32-18-12-9-13-19-32)33-20-14-10-15-21-33/h9-10,12-15,18-25,28-31H,7-8,11,16-17,26-27H2,1-6H3. The van der Waals surface area contributed by atoms with E-state index in [9.17, 15) is 0 Å². The zero-order valence-corrected chi connectivity index (χ0v) is 29.3. The molecule has 8 rings (SSSR count). The summed E-state index contributed by atoms with van der Waals surface area (Å²) < 4.78 is 0. The molecule has 0 heterocycles. The summed E-state index contributed by atoms with van der Waals surface area (Å²) in [6.45, 7) is 14.2. The topological polar surface area (TPSA) is 0 Å². The van der Waals surface area contributed by atoms with Gasteiger partial charge in [-0.15, -0.1) is 0 Å². The molecule has 0 amide bonds. The molecule has 0 saturated heterocycles. The van der Waals surface area contributed by atoms with Crippen LogP contribution in [0.15, 0.2) is 109 Å². The maximum Gasteiger partial charge on any atom is 0.0713 e. The number of benzene rings is 5. The van der Waals surface area contributed by atoms with Gasteiger partial charge >= 0.3 is 0 Å². The van der Waals surface area contributed by atoms with Gasteiger partial charge in [0.1, 0.15) is 0 Å².